The molecule has 3 saturated heterocycles. The van der Waals surface area contributed by atoms with Crippen LogP contribution in [0.3, 0.4) is 0 Å². The number of quaternary nitrogens is 1. The number of hydrogen-bond acceptors (Lipinski definition) is 8. The molecular formula is C31H60N5O9S+. The Bertz CT molecular complexity index is 1040. The van der Waals surface area contributed by atoms with Gasteiger partial charge in [-0.2, -0.15) is 13.5 Å². The molecule has 2 bridgehead atoms. The molecule has 0 aromatic rings. The topological polar surface area (TPSA) is 155 Å². The summed E-state index contributed by atoms with van der Waals surface area (Å²) in [7, 11) is -4.85. The summed E-state index contributed by atoms with van der Waals surface area (Å²) in [5, 5.41) is 0.564. The Morgan fingerprint density at radius 3 is 1.83 bits per heavy atom. The van der Waals surface area contributed by atoms with Gasteiger partial charge in [-0.15, -0.1) is 4.28 Å². The van der Waals surface area contributed by atoms with Gasteiger partial charge in [0.1, 0.15) is 17.7 Å². The quantitative estimate of drug-likeness (QED) is 0.127. The predicted molar refractivity (Wildman–Crippen MR) is 174 cm³/mol. The van der Waals surface area contributed by atoms with Crippen LogP contribution in [0.1, 0.15) is 113 Å². The number of carbonyl (C=O) groups is 3. The maximum atomic E-state index is 12.4. The molecule has 2 atom stereocenters. The number of unbranched alkanes of at least 4 members (excludes halogenated alkanes) is 4. The molecule has 0 unspecified atom stereocenters. The number of urea groups is 1. The van der Waals surface area contributed by atoms with Crippen molar-refractivity contribution < 1.29 is 45.7 Å². The Balaban J connectivity index is 0.000000372. The monoisotopic (exact) mass is 678 g/mol. The molecule has 2 N–H and O–H groups in total. The predicted octanol–water partition coefficient (Wildman–Crippen LogP) is 4.66. The maximum Gasteiger partial charge on any atom is 0.418 e. The lowest BCUT2D eigenvalue weighted by atomic mass is 10.0. The maximum absolute atomic E-state index is 12.4. The standard InChI is InChI=1S/C16H36N.C15H24N4O9S/c1-5-9-13-17(14-10-6-2,15-11-7-3)16-12-8-4;1-15(2,3)26-14(22)17-7-10(8-17)27-16-12(20)11-5-4-9-6-18(11)13(21)19(9)28-29(23,24)25/h5-16H2,1-4H3;9-11H,4-8H2,1-3H3,(H,16,20)(H,23,24,25)/q+1;/t;9-,11+/m.1/s1. The average molecular weight is 679 g/mol. The SMILES string of the molecule is CC(C)(C)OC(=O)N1CC(ONC(=O)[C@@H]2CC[C@@H]3CN2C(=O)N3OS(=O)(=O)O)C1.CCCC[N+](CCCC)(CCCC)CCCC. The lowest BCUT2D eigenvalue weighted by Gasteiger charge is -2.39. The van der Waals surface area contributed by atoms with Gasteiger partial charge in [-0.05, 0) is 59.3 Å². The van der Waals surface area contributed by atoms with Crippen molar-refractivity contribution in [2.45, 2.75) is 136 Å². The van der Waals surface area contributed by atoms with Gasteiger partial charge in [-0.3, -0.25) is 14.2 Å². The van der Waals surface area contributed by atoms with Gasteiger partial charge in [-0.1, -0.05) is 53.4 Å². The highest BCUT2D eigenvalue weighted by Crippen LogP contribution is 2.31. The number of carbonyl (C=O) groups excluding carboxylic acids is 3. The van der Waals surface area contributed by atoms with Crippen molar-refractivity contribution in [1.29, 1.82) is 0 Å². The summed E-state index contributed by atoms with van der Waals surface area (Å²) in [6.45, 7) is 20.9. The third-order valence-corrected chi connectivity index (χ3v) is 8.92. The van der Waals surface area contributed by atoms with Gasteiger partial charge >= 0.3 is 22.5 Å². The van der Waals surface area contributed by atoms with Gasteiger partial charge in [0.2, 0.25) is 0 Å². The van der Waals surface area contributed by atoms with Gasteiger partial charge in [0.15, 0.2) is 0 Å². The second-order valence-corrected chi connectivity index (χ2v) is 14.8. The Morgan fingerprint density at radius 2 is 1.39 bits per heavy atom. The van der Waals surface area contributed by atoms with E-state index in [0.29, 0.717) is 11.5 Å². The van der Waals surface area contributed by atoms with Gasteiger partial charge in [0.05, 0.1) is 45.3 Å². The molecule has 3 fully saturated rings. The van der Waals surface area contributed by atoms with Crippen molar-refractivity contribution in [3.05, 3.63) is 0 Å². The van der Waals surface area contributed by atoms with Crippen LogP contribution in [0.15, 0.2) is 0 Å². The Labute approximate surface area is 276 Å². The van der Waals surface area contributed by atoms with Crippen molar-refractivity contribution in [2.75, 3.05) is 45.8 Å². The summed E-state index contributed by atoms with van der Waals surface area (Å²) >= 11 is 0. The molecule has 46 heavy (non-hydrogen) atoms. The van der Waals surface area contributed by atoms with E-state index in [4.69, 9.17) is 14.1 Å². The van der Waals surface area contributed by atoms with Crippen molar-refractivity contribution >= 4 is 28.4 Å². The van der Waals surface area contributed by atoms with Crippen LogP contribution in [0, 0.1) is 0 Å². The molecule has 4 amide bonds. The number of likely N-dealkylation sites (tertiary alicyclic amines) is 1. The molecule has 3 aliphatic heterocycles. The number of rotatable bonds is 17. The minimum atomic E-state index is -4.85. The van der Waals surface area contributed by atoms with E-state index in [1.807, 2.05) is 0 Å². The third-order valence-electron chi connectivity index (χ3n) is 8.57. The first-order valence-corrected chi connectivity index (χ1v) is 18.5. The fourth-order valence-electron chi connectivity index (χ4n) is 5.95. The van der Waals surface area contributed by atoms with Crippen LogP contribution in [-0.4, -0.2) is 120 Å². The number of hydroxylamine groups is 3. The van der Waals surface area contributed by atoms with Gasteiger partial charge in [0.25, 0.3) is 5.91 Å². The first kappa shape index (κ1) is 40.0. The number of piperidine rings is 1. The van der Waals surface area contributed by atoms with E-state index >= 15 is 0 Å². The lowest BCUT2D eigenvalue weighted by Crippen LogP contribution is -2.58. The zero-order valence-electron chi connectivity index (χ0n) is 29.2. The summed E-state index contributed by atoms with van der Waals surface area (Å²) in [5.74, 6) is -0.568. The molecule has 0 saturated carbocycles. The highest BCUT2D eigenvalue weighted by molar-refractivity contribution is 7.80. The Morgan fingerprint density at radius 1 is 0.891 bits per heavy atom. The molecule has 14 nitrogen and oxygen atoms in total. The van der Waals surface area contributed by atoms with E-state index in [-0.39, 0.29) is 26.1 Å². The average Bonchev–Trinajstić information content (AvgIpc) is 3.18. The van der Waals surface area contributed by atoms with Crippen molar-refractivity contribution in [3.8, 4) is 0 Å². The normalized spacial score (nSPS) is 20.3. The van der Waals surface area contributed by atoms with Gasteiger partial charge in [-0.25, -0.2) is 15.1 Å². The number of nitrogens with one attached hydrogen (secondary N) is 1. The number of fused-ring (bicyclic) bond motifs is 2. The molecule has 0 aromatic heterocycles. The third kappa shape index (κ3) is 12.8. The molecule has 0 aromatic carbocycles. The van der Waals surface area contributed by atoms with Crippen LogP contribution in [0.2, 0.25) is 0 Å². The second-order valence-electron chi connectivity index (χ2n) is 13.8. The summed E-state index contributed by atoms with van der Waals surface area (Å²) in [4.78, 5) is 44.4. The van der Waals surface area contributed by atoms with Gasteiger partial charge in [0, 0.05) is 6.54 Å². The van der Waals surface area contributed by atoms with E-state index in [0.717, 1.165) is 4.90 Å². The van der Waals surface area contributed by atoms with E-state index in [2.05, 4.69) is 37.5 Å². The van der Waals surface area contributed by atoms with Crippen molar-refractivity contribution in [1.82, 2.24) is 20.3 Å². The molecule has 0 radical (unpaired) electrons. The molecule has 3 rings (SSSR count). The highest BCUT2D eigenvalue weighted by atomic mass is 32.3. The zero-order valence-corrected chi connectivity index (χ0v) is 30.0. The van der Waals surface area contributed by atoms with Gasteiger partial charge < -0.3 is 19.0 Å². The molecule has 15 heteroatoms. The number of hydrogen-bond donors (Lipinski definition) is 2. The number of nitrogens with zero attached hydrogens (tertiary/aromatic N) is 4. The minimum Gasteiger partial charge on any atom is -0.444 e. The summed E-state index contributed by atoms with van der Waals surface area (Å²) < 4.78 is 41.5. The summed E-state index contributed by atoms with van der Waals surface area (Å²) in [5.41, 5.74) is 1.68. The Hall–Kier alpha value is -2.20. The number of amides is 4. The van der Waals surface area contributed by atoms with Crippen LogP contribution in [-0.2, 0) is 29.1 Å². The van der Waals surface area contributed by atoms with Crippen LogP contribution in [0.25, 0.3) is 0 Å². The van der Waals surface area contributed by atoms with Crippen molar-refractivity contribution in [3.63, 3.8) is 0 Å². The lowest BCUT2D eigenvalue weighted by molar-refractivity contribution is -0.929. The molecule has 268 valence electrons. The fourth-order valence-corrected chi connectivity index (χ4v) is 6.34. The van der Waals surface area contributed by atoms with E-state index in [1.54, 1.807) is 20.8 Å². The first-order chi connectivity index (χ1) is 21.6. The minimum absolute atomic E-state index is 0.0856. The van der Waals surface area contributed by atoms with Crippen LogP contribution in [0.4, 0.5) is 9.59 Å². The fraction of sp³-hybridized carbons (Fsp3) is 0.903. The molecule has 0 aliphatic carbocycles. The second kappa shape index (κ2) is 18.4. The van der Waals surface area contributed by atoms with Crippen LogP contribution in [0.5, 0.6) is 0 Å². The molecular weight excluding hydrogens is 618 g/mol. The smallest absolute Gasteiger partial charge is 0.418 e. The highest BCUT2D eigenvalue weighted by Gasteiger charge is 2.49. The summed E-state index contributed by atoms with van der Waals surface area (Å²) in [6, 6.07) is -2.27. The largest absolute Gasteiger partial charge is 0.444 e. The summed E-state index contributed by atoms with van der Waals surface area (Å²) in [6.07, 6.45) is 10.8. The molecule has 0 spiro atoms. The van der Waals surface area contributed by atoms with Crippen LogP contribution < -0.4 is 5.48 Å². The first-order valence-electron chi connectivity index (χ1n) is 17.1. The zero-order chi connectivity index (χ0) is 34.5. The Kier molecular flexibility index (Phi) is 16.0. The van der Waals surface area contributed by atoms with Crippen molar-refractivity contribution in [2.24, 2.45) is 0 Å². The van der Waals surface area contributed by atoms with Crippen LogP contribution >= 0.6 is 0 Å². The molecule has 3 aliphatic rings. The number of ether oxygens (including phenoxy) is 1. The van der Waals surface area contributed by atoms with E-state index in [9.17, 15) is 22.8 Å². The molecule has 3 heterocycles. The van der Waals surface area contributed by atoms with E-state index in [1.165, 1.54) is 86.9 Å². The van der Waals surface area contributed by atoms with E-state index < -0.39 is 52.2 Å².